The molecule has 16 heavy (non-hydrogen) atoms. The van der Waals surface area contributed by atoms with Crippen LogP contribution in [0.4, 0.5) is 0 Å². The molecule has 1 aromatic carbocycles. The number of aromatic nitrogens is 1. The van der Waals surface area contributed by atoms with E-state index in [0.717, 1.165) is 6.54 Å². The first-order valence-electron chi connectivity index (χ1n) is 5.71. The van der Waals surface area contributed by atoms with Crippen molar-refractivity contribution < 1.29 is 0 Å². The van der Waals surface area contributed by atoms with Crippen LogP contribution in [-0.2, 0) is 13.1 Å². The maximum absolute atomic E-state index is 5.77. The monoisotopic (exact) mass is 234 g/mol. The molecule has 0 bridgehead atoms. The summed E-state index contributed by atoms with van der Waals surface area (Å²) in [5.74, 6) is 2.35. The van der Waals surface area contributed by atoms with Crippen molar-refractivity contribution in [1.82, 2.24) is 4.57 Å². The second-order valence-corrected chi connectivity index (χ2v) is 5.16. The summed E-state index contributed by atoms with van der Waals surface area (Å²) in [5, 5.41) is 1.30. The molecular weight excluding hydrogens is 216 g/mol. The normalized spacial score (nSPS) is 11.1. The highest BCUT2D eigenvalue weighted by Crippen LogP contribution is 2.21. The number of aryl methyl sites for hydroxylation is 1. The van der Waals surface area contributed by atoms with Gasteiger partial charge in [-0.2, -0.15) is 11.8 Å². The molecule has 0 saturated heterocycles. The average Bonchev–Trinajstić information content (AvgIpc) is 2.68. The number of para-hydroxylation sites is 1. The van der Waals surface area contributed by atoms with Gasteiger partial charge in [0.25, 0.3) is 0 Å². The van der Waals surface area contributed by atoms with Gasteiger partial charge in [-0.05, 0) is 17.4 Å². The highest BCUT2D eigenvalue weighted by atomic mass is 32.2. The van der Waals surface area contributed by atoms with Crippen LogP contribution in [-0.4, -0.2) is 16.1 Å². The molecule has 3 heteroatoms. The van der Waals surface area contributed by atoms with Crippen LogP contribution in [0.1, 0.15) is 12.5 Å². The zero-order valence-corrected chi connectivity index (χ0v) is 10.5. The predicted octanol–water partition coefficient (Wildman–Crippen LogP) is 2.85. The molecule has 0 fully saturated rings. The average molecular weight is 234 g/mol. The van der Waals surface area contributed by atoms with Crippen LogP contribution in [0.15, 0.2) is 30.5 Å². The number of fused-ring (bicyclic) bond motifs is 1. The Morgan fingerprint density at radius 1 is 1.31 bits per heavy atom. The number of benzene rings is 1. The van der Waals surface area contributed by atoms with Crippen LogP contribution < -0.4 is 5.73 Å². The summed E-state index contributed by atoms with van der Waals surface area (Å²) < 4.78 is 2.32. The second kappa shape index (κ2) is 5.41. The van der Waals surface area contributed by atoms with Gasteiger partial charge in [-0.1, -0.05) is 25.1 Å². The van der Waals surface area contributed by atoms with Crippen LogP contribution in [0.3, 0.4) is 0 Å². The van der Waals surface area contributed by atoms with E-state index in [1.165, 1.54) is 28.0 Å². The molecule has 0 spiro atoms. The lowest BCUT2D eigenvalue weighted by molar-refractivity contribution is 0.801. The molecule has 0 aliphatic carbocycles. The highest BCUT2D eigenvalue weighted by Gasteiger charge is 2.05. The van der Waals surface area contributed by atoms with E-state index in [0.29, 0.717) is 6.54 Å². The highest BCUT2D eigenvalue weighted by molar-refractivity contribution is 7.99. The molecule has 0 radical (unpaired) electrons. The SMILES string of the molecule is CCSCCn1cc(CN)c2ccccc21. The number of hydrogen-bond acceptors (Lipinski definition) is 2. The third-order valence-corrected chi connectivity index (χ3v) is 3.65. The molecule has 2 aromatic rings. The molecule has 0 aliphatic heterocycles. The molecular formula is C13H18N2S. The minimum Gasteiger partial charge on any atom is -0.346 e. The van der Waals surface area contributed by atoms with Gasteiger partial charge in [0, 0.05) is 35.9 Å². The Balaban J connectivity index is 2.30. The van der Waals surface area contributed by atoms with Crippen LogP contribution in [0.25, 0.3) is 10.9 Å². The van der Waals surface area contributed by atoms with Crippen LogP contribution >= 0.6 is 11.8 Å². The van der Waals surface area contributed by atoms with E-state index >= 15 is 0 Å². The van der Waals surface area contributed by atoms with Crippen LogP contribution in [0, 0.1) is 0 Å². The Morgan fingerprint density at radius 2 is 2.12 bits per heavy atom. The Kier molecular flexibility index (Phi) is 3.91. The van der Waals surface area contributed by atoms with Crippen molar-refractivity contribution in [2.24, 2.45) is 5.73 Å². The first kappa shape index (κ1) is 11.6. The summed E-state index contributed by atoms with van der Waals surface area (Å²) in [7, 11) is 0. The quantitative estimate of drug-likeness (QED) is 0.806. The summed E-state index contributed by atoms with van der Waals surface area (Å²) in [6, 6.07) is 8.49. The van der Waals surface area contributed by atoms with E-state index in [1.54, 1.807) is 0 Å². The summed E-state index contributed by atoms with van der Waals surface area (Å²) in [5.41, 5.74) is 8.32. The first-order valence-corrected chi connectivity index (χ1v) is 6.87. The van der Waals surface area contributed by atoms with Gasteiger partial charge in [0.2, 0.25) is 0 Å². The number of nitrogens with two attached hydrogens (primary N) is 1. The Hall–Kier alpha value is -0.930. The minimum absolute atomic E-state index is 0.619. The zero-order chi connectivity index (χ0) is 11.4. The lowest BCUT2D eigenvalue weighted by atomic mass is 10.2. The van der Waals surface area contributed by atoms with Crippen molar-refractivity contribution in [2.45, 2.75) is 20.0 Å². The summed E-state index contributed by atoms with van der Waals surface area (Å²) >= 11 is 1.98. The molecule has 0 unspecified atom stereocenters. The molecule has 2 rings (SSSR count). The Morgan fingerprint density at radius 3 is 2.88 bits per heavy atom. The van der Waals surface area contributed by atoms with E-state index in [2.05, 4.69) is 42.0 Å². The Bertz CT molecular complexity index is 462. The van der Waals surface area contributed by atoms with E-state index in [4.69, 9.17) is 5.73 Å². The molecule has 86 valence electrons. The van der Waals surface area contributed by atoms with Gasteiger partial charge >= 0.3 is 0 Å². The van der Waals surface area contributed by atoms with Gasteiger partial charge in [-0.25, -0.2) is 0 Å². The summed E-state index contributed by atoms with van der Waals surface area (Å²) in [4.78, 5) is 0. The standard InChI is InChI=1S/C13H18N2S/c1-2-16-8-7-15-10-11(9-14)12-5-3-4-6-13(12)15/h3-6,10H,2,7-9,14H2,1H3. The Labute approximate surface area is 101 Å². The van der Waals surface area contributed by atoms with E-state index in [1.807, 2.05) is 11.8 Å². The third-order valence-electron chi connectivity index (χ3n) is 2.77. The lowest BCUT2D eigenvalue weighted by Crippen LogP contribution is -1.99. The fraction of sp³-hybridized carbons (Fsp3) is 0.385. The van der Waals surface area contributed by atoms with Crippen molar-refractivity contribution in [2.75, 3.05) is 11.5 Å². The molecule has 0 atom stereocenters. The van der Waals surface area contributed by atoms with Crippen molar-refractivity contribution in [3.05, 3.63) is 36.0 Å². The van der Waals surface area contributed by atoms with E-state index < -0.39 is 0 Å². The maximum Gasteiger partial charge on any atom is 0.0483 e. The van der Waals surface area contributed by atoms with Crippen LogP contribution in [0.2, 0.25) is 0 Å². The van der Waals surface area contributed by atoms with Crippen molar-refractivity contribution in [1.29, 1.82) is 0 Å². The smallest absolute Gasteiger partial charge is 0.0483 e. The molecule has 0 amide bonds. The zero-order valence-electron chi connectivity index (χ0n) is 9.65. The summed E-state index contributed by atoms with van der Waals surface area (Å²) in [6.45, 7) is 3.89. The molecule has 2 nitrogen and oxygen atoms in total. The van der Waals surface area contributed by atoms with Crippen molar-refractivity contribution >= 4 is 22.7 Å². The summed E-state index contributed by atoms with van der Waals surface area (Å²) in [6.07, 6.45) is 2.20. The van der Waals surface area contributed by atoms with Gasteiger partial charge < -0.3 is 10.3 Å². The number of nitrogens with zero attached hydrogens (tertiary/aromatic N) is 1. The third kappa shape index (κ3) is 2.25. The molecule has 0 saturated carbocycles. The molecule has 1 aromatic heterocycles. The molecule has 1 heterocycles. The van der Waals surface area contributed by atoms with E-state index in [9.17, 15) is 0 Å². The van der Waals surface area contributed by atoms with Crippen molar-refractivity contribution in [3.8, 4) is 0 Å². The second-order valence-electron chi connectivity index (χ2n) is 3.77. The van der Waals surface area contributed by atoms with Crippen molar-refractivity contribution in [3.63, 3.8) is 0 Å². The van der Waals surface area contributed by atoms with Crippen LogP contribution in [0.5, 0.6) is 0 Å². The fourth-order valence-electron chi connectivity index (χ4n) is 1.98. The van der Waals surface area contributed by atoms with Gasteiger partial charge in [-0.3, -0.25) is 0 Å². The van der Waals surface area contributed by atoms with Gasteiger partial charge in [0.05, 0.1) is 0 Å². The number of hydrogen-bond donors (Lipinski definition) is 1. The minimum atomic E-state index is 0.619. The number of rotatable bonds is 5. The molecule has 2 N–H and O–H groups in total. The van der Waals surface area contributed by atoms with Gasteiger partial charge in [0.1, 0.15) is 0 Å². The lowest BCUT2D eigenvalue weighted by Gasteiger charge is -2.03. The largest absolute Gasteiger partial charge is 0.346 e. The molecule has 0 aliphatic rings. The van der Waals surface area contributed by atoms with Gasteiger partial charge in [0.15, 0.2) is 0 Å². The first-order chi connectivity index (χ1) is 7.86. The number of thioether (sulfide) groups is 1. The predicted molar refractivity (Wildman–Crippen MR) is 72.8 cm³/mol. The van der Waals surface area contributed by atoms with E-state index in [-0.39, 0.29) is 0 Å². The maximum atomic E-state index is 5.77. The topological polar surface area (TPSA) is 30.9 Å². The fourth-order valence-corrected chi connectivity index (χ4v) is 2.59. The van der Waals surface area contributed by atoms with Gasteiger partial charge in [-0.15, -0.1) is 0 Å².